The summed E-state index contributed by atoms with van der Waals surface area (Å²) < 4.78 is 0. The van der Waals surface area contributed by atoms with Crippen molar-refractivity contribution < 1.29 is 29.3 Å². The third-order valence-electron chi connectivity index (χ3n) is 4.06. The summed E-state index contributed by atoms with van der Waals surface area (Å²) in [6, 6.07) is 1.99. The number of unbranched alkanes of at least 4 members (excludes halogenated alkanes) is 1. The van der Waals surface area contributed by atoms with Gasteiger partial charge in [-0.25, -0.2) is 0 Å². The molecule has 0 radical (unpaired) electrons. The number of hydrogen-bond acceptors (Lipinski definition) is 9. The Labute approximate surface area is 176 Å². The largest absolute Gasteiger partial charge is 0.481 e. The van der Waals surface area contributed by atoms with Crippen molar-refractivity contribution in [2.75, 3.05) is 25.0 Å². The van der Waals surface area contributed by atoms with E-state index < -0.39 is 51.6 Å². The van der Waals surface area contributed by atoms with Gasteiger partial charge < -0.3 is 26.8 Å². The van der Waals surface area contributed by atoms with Gasteiger partial charge in [0.05, 0.1) is 28.9 Å². The predicted octanol–water partition coefficient (Wildman–Crippen LogP) is 0.120. The van der Waals surface area contributed by atoms with Gasteiger partial charge in [0.1, 0.15) is 11.7 Å². The van der Waals surface area contributed by atoms with Crippen molar-refractivity contribution >= 4 is 34.8 Å². The predicted molar refractivity (Wildman–Crippen MR) is 108 cm³/mol. The lowest BCUT2D eigenvalue weighted by Crippen LogP contribution is -2.48. The third kappa shape index (κ3) is 9.03. The number of non-ortho nitro benzene ring substituents is 1. The summed E-state index contributed by atoms with van der Waals surface area (Å²) in [6.07, 6.45) is 1.14. The fourth-order valence-corrected chi connectivity index (χ4v) is 2.53. The lowest BCUT2D eigenvalue weighted by atomic mass is 10.1. The second-order valence-corrected chi connectivity index (χ2v) is 6.41. The van der Waals surface area contributed by atoms with Crippen LogP contribution in [0, 0.1) is 20.2 Å². The molecule has 0 aromatic heterocycles. The van der Waals surface area contributed by atoms with Gasteiger partial charge in [-0.2, -0.15) is 0 Å². The summed E-state index contributed by atoms with van der Waals surface area (Å²) in [7, 11) is 0. The van der Waals surface area contributed by atoms with Crippen molar-refractivity contribution in [3.05, 3.63) is 38.4 Å². The van der Waals surface area contributed by atoms with Crippen molar-refractivity contribution in [2.24, 2.45) is 5.73 Å². The minimum Gasteiger partial charge on any atom is -0.481 e. The highest BCUT2D eigenvalue weighted by Gasteiger charge is 2.22. The summed E-state index contributed by atoms with van der Waals surface area (Å²) in [6.45, 7) is -0.147. The molecule has 0 unspecified atom stereocenters. The lowest BCUT2D eigenvalue weighted by molar-refractivity contribution is -0.393. The van der Waals surface area contributed by atoms with Gasteiger partial charge in [-0.15, -0.1) is 0 Å². The number of hydrogen-bond donors (Lipinski definition) is 5. The first-order valence-corrected chi connectivity index (χ1v) is 9.31. The first kappa shape index (κ1) is 25.2. The van der Waals surface area contributed by atoms with Crippen LogP contribution in [-0.4, -0.2) is 58.4 Å². The first-order chi connectivity index (χ1) is 14.6. The van der Waals surface area contributed by atoms with E-state index >= 15 is 0 Å². The lowest BCUT2D eigenvalue weighted by Gasteiger charge is -2.18. The molecule has 0 aliphatic rings. The number of nitrogens with one attached hydrogen (secondary N) is 3. The monoisotopic (exact) mass is 440 g/mol. The Hall–Kier alpha value is -3.81. The number of anilines is 1. The molecular weight excluding hydrogens is 416 g/mol. The second-order valence-electron chi connectivity index (χ2n) is 6.41. The number of amides is 2. The topological polar surface area (TPSA) is 220 Å². The van der Waals surface area contributed by atoms with E-state index in [0.717, 1.165) is 18.2 Å². The average Bonchev–Trinajstić information content (AvgIpc) is 2.70. The van der Waals surface area contributed by atoms with E-state index in [-0.39, 0.29) is 25.1 Å². The van der Waals surface area contributed by atoms with E-state index in [4.69, 9.17) is 10.8 Å². The van der Waals surface area contributed by atoms with Crippen molar-refractivity contribution in [1.29, 1.82) is 0 Å². The van der Waals surface area contributed by atoms with Crippen LogP contribution >= 0.6 is 0 Å². The molecule has 2 amide bonds. The van der Waals surface area contributed by atoms with E-state index in [1.165, 1.54) is 0 Å². The number of nitro groups is 2. The van der Waals surface area contributed by atoms with Gasteiger partial charge in [-0.1, -0.05) is 0 Å². The van der Waals surface area contributed by atoms with Gasteiger partial charge in [-0.05, 0) is 31.9 Å². The van der Waals surface area contributed by atoms with Crippen molar-refractivity contribution in [3.8, 4) is 0 Å². The molecule has 6 N–H and O–H groups in total. The van der Waals surface area contributed by atoms with Crippen LogP contribution in [0.5, 0.6) is 0 Å². The smallest absolute Gasteiger partial charge is 0.305 e. The van der Waals surface area contributed by atoms with Crippen LogP contribution in [0.3, 0.4) is 0 Å². The van der Waals surface area contributed by atoms with Crippen LogP contribution in [0.2, 0.25) is 0 Å². The van der Waals surface area contributed by atoms with Gasteiger partial charge in [0.25, 0.3) is 11.4 Å². The molecule has 0 aliphatic heterocycles. The fraction of sp³-hybridized carbons (Fsp3) is 0.471. The molecule has 0 aliphatic carbocycles. The van der Waals surface area contributed by atoms with Crippen molar-refractivity contribution in [3.63, 3.8) is 0 Å². The minimum atomic E-state index is -1.09. The molecule has 1 rings (SSSR count). The van der Waals surface area contributed by atoms with Crippen molar-refractivity contribution in [2.45, 2.75) is 31.7 Å². The number of carbonyl (C=O) groups is 3. The van der Waals surface area contributed by atoms with E-state index in [0.29, 0.717) is 19.4 Å². The van der Waals surface area contributed by atoms with Gasteiger partial charge in [-0.3, -0.25) is 34.6 Å². The Balaban J connectivity index is 2.76. The maximum Gasteiger partial charge on any atom is 0.305 e. The standard InChI is InChI=1S/C17H24N6O8/c18-7-2-1-3-13(17(27)19-8-6-16(25)26)21-15(24)10-20-12-5-4-11(22(28)29)9-14(12)23(30)31/h4-5,9,13,20H,1-3,6-8,10,18H2,(H,19,27)(H,21,24)(H,25,26)/t13-/m0/s1. The molecule has 1 aromatic carbocycles. The molecule has 0 heterocycles. The Morgan fingerprint density at radius 1 is 1.13 bits per heavy atom. The van der Waals surface area contributed by atoms with Crippen molar-refractivity contribution in [1.82, 2.24) is 10.6 Å². The van der Waals surface area contributed by atoms with E-state index in [9.17, 15) is 34.6 Å². The Bertz CT molecular complexity index is 831. The van der Waals surface area contributed by atoms with Gasteiger partial charge in [0, 0.05) is 12.6 Å². The maximum absolute atomic E-state index is 12.3. The van der Waals surface area contributed by atoms with Crippen LogP contribution < -0.4 is 21.7 Å². The molecule has 0 spiro atoms. The maximum atomic E-state index is 12.3. The zero-order chi connectivity index (χ0) is 23.4. The van der Waals surface area contributed by atoms with Crippen LogP contribution in [0.25, 0.3) is 0 Å². The van der Waals surface area contributed by atoms with Gasteiger partial charge in [0.15, 0.2) is 0 Å². The highest BCUT2D eigenvalue weighted by molar-refractivity contribution is 5.89. The molecule has 0 bridgehead atoms. The molecule has 0 saturated heterocycles. The highest BCUT2D eigenvalue weighted by Crippen LogP contribution is 2.28. The fourth-order valence-electron chi connectivity index (χ4n) is 2.53. The molecule has 0 saturated carbocycles. The summed E-state index contributed by atoms with van der Waals surface area (Å²) in [5.74, 6) is -2.30. The average molecular weight is 440 g/mol. The number of nitrogens with two attached hydrogens (primary N) is 1. The Kier molecular flexibility index (Phi) is 10.3. The van der Waals surface area contributed by atoms with E-state index in [1.807, 2.05) is 0 Å². The molecule has 0 fully saturated rings. The highest BCUT2D eigenvalue weighted by atomic mass is 16.6. The number of carboxylic acid groups (broad SMARTS) is 1. The molecule has 1 atom stereocenters. The Morgan fingerprint density at radius 3 is 2.42 bits per heavy atom. The number of nitro benzene ring substituents is 2. The number of carboxylic acids is 1. The summed E-state index contributed by atoms with van der Waals surface area (Å²) >= 11 is 0. The van der Waals surface area contributed by atoms with Gasteiger partial charge in [0.2, 0.25) is 11.8 Å². The zero-order valence-corrected chi connectivity index (χ0v) is 16.5. The minimum absolute atomic E-state index is 0.101. The molecule has 1 aromatic rings. The number of benzene rings is 1. The summed E-state index contributed by atoms with van der Waals surface area (Å²) in [5, 5.41) is 38.0. The normalized spacial score (nSPS) is 11.3. The number of nitrogens with zero attached hydrogens (tertiary/aromatic N) is 2. The summed E-state index contributed by atoms with van der Waals surface area (Å²) in [4.78, 5) is 55.4. The quantitative estimate of drug-likeness (QED) is 0.149. The number of carbonyl (C=O) groups excluding carboxylic acids is 2. The molecule has 14 heteroatoms. The first-order valence-electron chi connectivity index (χ1n) is 9.31. The third-order valence-corrected chi connectivity index (χ3v) is 4.06. The van der Waals surface area contributed by atoms with E-state index in [2.05, 4.69) is 16.0 Å². The molecule has 31 heavy (non-hydrogen) atoms. The molecule has 14 nitrogen and oxygen atoms in total. The molecule has 170 valence electrons. The zero-order valence-electron chi connectivity index (χ0n) is 16.5. The van der Waals surface area contributed by atoms with Crippen LogP contribution in [0.4, 0.5) is 17.1 Å². The van der Waals surface area contributed by atoms with Crippen LogP contribution in [0.1, 0.15) is 25.7 Å². The van der Waals surface area contributed by atoms with Crippen LogP contribution in [0.15, 0.2) is 18.2 Å². The second kappa shape index (κ2) is 12.7. The number of rotatable bonds is 14. The molecular formula is C17H24N6O8. The Morgan fingerprint density at radius 2 is 1.84 bits per heavy atom. The van der Waals surface area contributed by atoms with Gasteiger partial charge >= 0.3 is 5.97 Å². The van der Waals surface area contributed by atoms with Crippen LogP contribution in [-0.2, 0) is 14.4 Å². The SMILES string of the molecule is NCCCC[C@H](NC(=O)CNc1ccc([N+](=O)[O-])cc1[N+](=O)[O-])C(=O)NCCC(=O)O. The number of aliphatic carboxylic acids is 1. The van der Waals surface area contributed by atoms with E-state index in [1.54, 1.807) is 0 Å². The summed E-state index contributed by atoms with van der Waals surface area (Å²) in [5.41, 5.74) is 4.28.